The highest BCUT2D eigenvalue weighted by molar-refractivity contribution is 6.51. The number of benzene rings is 3. The number of aliphatic hydroxyl groups is 1. The van der Waals surface area contributed by atoms with Crippen LogP contribution in [0.2, 0.25) is 0 Å². The highest BCUT2D eigenvalue weighted by Gasteiger charge is 2.47. The summed E-state index contributed by atoms with van der Waals surface area (Å²) in [6.45, 7) is 7.68. The zero-order chi connectivity index (χ0) is 26.7. The highest BCUT2D eigenvalue weighted by Crippen LogP contribution is 2.43. The first-order chi connectivity index (χ1) is 17.7. The lowest BCUT2D eigenvalue weighted by Crippen LogP contribution is -2.29. The number of carbonyl (C=O) groups is 3. The topological polar surface area (TPSA) is 93.1 Å². The molecule has 0 aliphatic carbocycles. The fourth-order valence-electron chi connectivity index (χ4n) is 4.38. The molecule has 0 bridgehead atoms. The first-order valence-corrected chi connectivity index (χ1v) is 12.1. The average Bonchev–Trinajstić information content (AvgIpc) is 3.14. The van der Waals surface area contributed by atoms with Crippen LogP contribution in [0.4, 0.5) is 5.69 Å². The minimum atomic E-state index is -0.860. The van der Waals surface area contributed by atoms with Crippen LogP contribution in [0.1, 0.15) is 53.9 Å². The molecule has 0 spiro atoms. The van der Waals surface area contributed by atoms with Crippen molar-refractivity contribution >= 4 is 29.1 Å². The van der Waals surface area contributed by atoms with Gasteiger partial charge in [0.25, 0.3) is 11.7 Å². The number of ketones is 1. The molecule has 1 aliphatic heterocycles. The predicted octanol–water partition coefficient (Wildman–Crippen LogP) is 5.59. The second-order valence-corrected chi connectivity index (χ2v) is 8.98. The van der Waals surface area contributed by atoms with Crippen molar-refractivity contribution in [2.75, 3.05) is 11.5 Å². The number of esters is 1. The number of hydrogen-bond acceptors (Lipinski definition) is 6. The van der Waals surface area contributed by atoms with E-state index in [0.717, 1.165) is 5.56 Å². The Hall–Kier alpha value is -4.39. The van der Waals surface area contributed by atoms with Crippen LogP contribution in [0.25, 0.3) is 5.76 Å². The molecule has 0 radical (unpaired) electrons. The molecule has 3 aromatic rings. The van der Waals surface area contributed by atoms with Crippen molar-refractivity contribution < 1.29 is 29.0 Å². The van der Waals surface area contributed by atoms with Crippen LogP contribution in [-0.2, 0) is 14.3 Å². The van der Waals surface area contributed by atoms with Gasteiger partial charge in [0, 0.05) is 11.3 Å². The molecule has 7 nitrogen and oxygen atoms in total. The third kappa shape index (κ3) is 5.11. The van der Waals surface area contributed by atoms with E-state index in [1.807, 2.05) is 45.0 Å². The Morgan fingerprint density at radius 1 is 0.946 bits per heavy atom. The summed E-state index contributed by atoms with van der Waals surface area (Å²) >= 11 is 0. The summed E-state index contributed by atoms with van der Waals surface area (Å²) < 4.78 is 10.7. The fraction of sp³-hybridized carbons (Fsp3) is 0.233. The van der Waals surface area contributed by atoms with E-state index >= 15 is 0 Å². The lowest BCUT2D eigenvalue weighted by molar-refractivity contribution is -0.132. The van der Waals surface area contributed by atoms with Gasteiger partial charge < -0.3 is 14.6 Å². The van der Waals surface area contributed by atoms with Crippen molar-refractivity contribution in [3.63, 3.8) is 0 Å². The molecular formula is C30H29NO6. The Bertz CT molecular complexity index is 1360. The monoisotopic (exact) mass is 499 g/mol. The summed E-state index contributed by atoms with van der Waals surface area (Å²) in [6.07, 6.45) is -0.0129. The third-order valence-corrected chi connectivity index (χ3v) is 6.08. The Balaban J connectivity index is 1.83. The van der Waals surface area contributed by atoms with E-state index < -0.39 is 23.7 Å². The molecule has 4 rings (SSSR count). The van der Waals surface area contributed by atoms with E-state index in [4.69, 9.17) is 9.47 Å². The van der Waals surface area contributed by atoms with Gasteiger partial charge in [-0.25, -0.2) is 4.79 Å². The van der Waals surface area contributed by atoms with Crippen LogP contribution >= 0.6 is 0 Å². The summed E-state index contributed by atoms with van der Waals surface area (Å²) in [7, 11) is 0. The minimum Gasteiger partial charge on any atom is -0.507 e. The summed E-state index contributed by atoms with van der Waals surface area (Å²) in [6, 6.07) is 19.6. The van der Waals surface area contributed by atoms with Gasteiger partial charge in [0.05, 0.1) is 29.9 Å². The maximum Gasteiger partial charge on any atom is 0.338 e. The van der Waals surface area contributed by atoms with Gasteiger partial charge in [-0.05, 0) is 87.4 Å². The molecule has 0 saturated carbocycles. The van der Waals surface area contributed by atoms with Gasteiger partial charge in [0.1, 0.15) is 11.5 Å². The fourth-order valence-corrected chi connectivity index (χ4v) is 4.38. The second kappa shape index (κ2) is 10.7. The molecule has 1 amide bonds. The standard InChI is InChI=1S/C30H29NO6/c1-5-36-30(35)21-10-14-22(15-11-21)31-26(24-9-7-6-8-19(24)4)25(28(33)29(31)34)27(32)20-12-16-23(17-13-20)37-18(2)3/h6-18,26,32H,5H2,1-4H3/b27-25+. The lowest BCUT2D eigenvalue weighted by Gasteiger charge is -2.26. The van der Waals surface area contributed by atoms with Crippen molar-refractivity contribution in [1.82, 2.24) is 0 Å². The highest BCUT2D eigenvalue weighted by atomic mass is 16.5. The van der Waals surface area contributed by atoms with E-state index in [2.05, 4.69) is 0 Å². The van der Waals surface area contributed by atoms with Crippen LogP contribution in [0.15, 0.2) is 78.4 Å². The van der Waals surface area contributed by atoms with Crippen LogP contribution in [0.3, 0.4) is 0 Å². The largest absolute Gasteiger partial charge is 0.507 e. The van der Waals surface area contributed by atoms with Crippen molar-refractivity contribution in [1.29, 1.82) is 0 Å². The van der Waals surface area contributed by atoms with E-state index in [-0.39, 0.29) is 24.0 Å². The van der Waals surface area contributed by atoms with Crippen LogP contribution in [0.5, 0.6) is 5.75 Å². The van der Waals surface area contributed by atoms with Crippen LogP contribution < -0.4 is 9.64 Å². The van der Waals surface area contributed by atoms with Gasteiger partial charge in [-0.15, -0.1) is 0 Å². The quantitative estimate of drug-likeness (QED) is 0.197. The number of carbonyl (C=O) groups excluding carboxylic acids is 3. The molecule has 1 N–H and O–H groups in total. The first kappa shape index (κ1) is 25.7. The van der Waals surface area contributed by atoms with Crippen molar-refractivity contribution in [2.24, 2.45) is 0 Å². The molecule has 0 aromatic heterocycles. The van der Waals surface area contributed by atoms with Gasteiger partial charge >= 0.3 is 5.97 Å². The van der Waals surface area contributed by atoms with Gasteiger partial charge in [0.2, 0.25) is 0 Å². The lowest BCUT2D eigenvalue weighted by atomic mass is 9.92. The minimum absolute atomic E-state index is 0.00806. The van der Waals surface area contributed by atoms with Crippen molar-refractivity contribution in [2.45, 2.75) is 39.8 Å². The molecule has 37 heavy (non-hydrogen) atoms. The van der Waals surface area contributed by atoms with Gasteiger partial charge in [-0.2, -0.15) is 0 Å². The average molecular weight is 500 g/mol. The third-order valence-electron chi connectivity index (χ3n) is 6.08. The Labute approximate surface area is 215 Å². The molecule has 190 valence electrons. The molecule has 1 aliphatic rings. The zero-order valence-electron chi connectivity index (χ0n) is 21.2. The second-order valence-electron chi connectivity index (χ2n) is 8.98. The van der Waals surface area contributed by atoms with E-state index in [1.54, 1.807) is 55.5 Å². The SMILES string of the molecule is CCOC(=O)c1ccc(N2C(=O)C(=O)/C(=C(/O)c3ccc(OC(C)C)cc3)C2c2ccccc2C)cc1. The number of rotatable bonds is 7. The van der Waals surface area contributed by atoms with Crippen molar-refractivity contribution in [3.8, 4) is 5.75 Å². The molecule has 3 aromatic carbocycles. The van der Waals surface area contributed by atoms with Crippen molar-refractivity contribution in [3.05, 3.63) is 101 Å². The zero-order valence-corrected chi connectivity index (χ0v) is 21.2. The maximum atomic E-state index is 13.4. The molecule has 7 heteroatoms. The van der Waals surface area contributed by atoms with Crippen LogP contribution in [-0.4, -0.2) is 35.5 Å². The molecule has 1 saturated heterocycles. The number of ether oxygens (including phenoxy) is 2. The van der Waals surface area contributed by atoms with E-state index in [0.29, 0.717) is 28.1 Å². The number of hydrogen-bond donors (Lipinski definition) is 1. The number of anilines is 1. The number of Topliss-reactive ketones (excluding diaryl/α,β-unsaturated/α-hetero) is 1. The normalized spacial score (nSPS) is 16.8. The molecule has 1 heterocycles. The number of aliphatic hydroxyl groups excluding tert-OH is 1. The molecule has 1 fully saturated rings. The summed E-state index contributed by atoms with van der Waals surface area (Å²) in [5.74, 6) is -1.67. The Kier molecular flexibility index (Phi) is 7.43. The smallest absolute Gasteiger partial charge is 0.338 e. The Morgan fingerprint density at radius 2 is 1.57 bits per heavy atom. The molecular weight excluding hydrogens is 470 g/mol. The Morgan fingerprint density at radius 3 is 2.16 bits per heavy atom. The number of amides is 1. The van der Waals surface area contributed by atoms with Crippen LogP contribution in [0, 0.1) is 6.92 Å². The molecule has 1 unspecified atom stereocenters. The summed E-state index contributed by atoms with van der Waals surface area (Å²) in [4.78, 5) is 40.2. The maximum absolute atomic E-state index is 13.4. The number of nitrogens with zero attached hydrogens (tertiary/aromatic N) is 1. The van der Waals surface area contributed by atoms with E-state index in [1.165, 1.54) is 4.90 Å². The number of aryl methyl sites for hydroxylation is 1. The van der Waals surface area contributed by atoms with Gasteiger partial charge in [-0.3, -0.25) is 14.5 Å². The predicted molar refractivity (Wildman–Crippen MR) is 141 cm³/mol. The van der Waals surface area contributed by atoms with E-state index in [9.17, 15) is 19.5 Å². The summed E-state index contributed by atoms with van der Waals surface area (Å²) in [5, 5.41) is 11.3. The summed E-state index contributed by atoms with van der Waals surface area (Å²) in [5.41, 5.74) is 2.70. The first-order valence-electron chi connectivity index (χ1n) is 12.1. The van der Waals surface area contributed by atoms with Gasteiger partial charge in [0.15, 0.2) is 0 Å². The van der Waals surface area contributed by atoms with Gasteiger partial charge in [-0.1, -0.05) is 24.3 Å². The molecule has 1 atom stereocenters.